The zero-order chi connectivity index (χ0) is 16.5. The van der Waals surface area contributed by atoms with Crippen molar-refractivity contribution in [2.24, 2.45) is 0 Å². The number of rotatable bonds is 3. The Morgan fingerprint density at radius 1 is 1.12 bits per heavy atom. The number of fused-ring (bicyclic) bond motifs is 2. The fourth-order valence-corrected chi connectivity index (χ4v) is 3.82. The van der Waals surface area contributed by atoms with Crippen LogP contribution in [0, 0.1) is 5.82 Å². The van der Waals surface area contributed by atoms with Gasteiger partial charge in [-0.2, -0.15) is 0 Å². The van der Waals surface area contributed by atoms with Crippen LogP contribution < -0.4 is 0 Å². The molecule has 2 atom stereocenters. The van der Waals surface area contributed by atoms with E-state index in [4.69, 9.17) is 16.3 Å². The molecule has 1 saturated heterocycles. The van der Waals surface area contributed by atoms with Crippen LogP contribution in [0.5, 0.6) is 0 Å². The number of ether oxygens (including phenoxy) is 1. The van der Waals surface area contributed by atoms with E-state index >= 15 is 0 Å². The van der Waals surface area contributed by atoms with Crippen molar-refractivity contribution >= 4 is 17.2 Å². The molecule has 0 radical (unpaired) electrons. The minimum Gasteiger partial charge on any atom is -0.378 e. The highest BCUT2D eigenvalue weighted by Gasteiger charge is 2.35. The Hall–Kier alpha value is -1.68. The van der Waals surface area contributed by atoms with E-state index in [0.29, 0.717) is 23.8 Å². The van der Waals surface area contributed by atoms with Crippen LogP contribution in [0.3, 0.4) is 0 Å². The van der Waals surface area contributed by atoms with Gasteiger partial charge in [0.2, 0.25) is 0 Å². The molecule has 24 heavy (non-hydrogen) atoms. The fourth-order valence-electron chi connectivity index (χ4n) is 3.65. The maximum absolute atomic E-state index is 14.2. The topological polar surface area (TPSA) is 12.5 Å². The van der Waals surface area contributed by atoms with Crippen molar-refractivity contribution in [2.75, 3.05) is 13.2 Å². The van der Waals surface area contributed by atoms with E-state index in [9.17, 15) is 4.39 Å². The van der Waals surface area contributed by atoms with Gasteiger partial charge in [0.05, 0.1) is 19.3 Å². The third kappa shape index (κ3) is 3.12. The zero-order valence-electron chi connectivity index (χ0n) is 13.3. The van der Waals surface area contributed by atoms with Crippen molar-refractivity contribution in [3.05, 3.63) is 76.6 Å². The molecule has 4 rings (SSSR count). The van der Waals surface area contributed by atoms with Gasteiger partial charge < -0.3 is 4.74 Å². The number of hydrogen-bond acceptors (Lipinski definition) is 2. The van der Waals surface area contributed by atoms with Crippen LogP contribution in [0.25, 0.3) is 5.57 Å². The van der Waals surface area contributed by atoms with Gasteiger partial charge in [-0.3, -0.25) is 4.90 Å². The van der Waals surface area contributed by atoms with Crippen LogP contribution in [-0.4, -0.2) is 30.2 Å². The summed E-state index contributed by atoms with van der Waals surface area (Å²) in [6, 6.07) is 15.7. The molecule has 0 aliphatic carbocycles. The standard InChI is InChI=1S/C20H19ClFNO/c21-16-6-7-20(22)19(10-16)15-8-17-12-24-13-18(9-15)23(17)11-14-4-2-1-3-5-14/h1-8,10,17-18H,9,11-13H2. The molecular weight excluding hydrogens is 325 g/mol. The molecule has 2 aromatic carbocycles. The van der Waals surface area contributed by atoms with Crippen LogP contribution in [-0.2, 0) is 11.3 Å². The Morgan fingerprint density at radius 3 is 2.75 bits per heavy atom. The fraction of sp³-hybridized carbons (Fsp3) is 0.300. The lowest BCUT2D eigenvalue weighted by atomic mass is 9.89. The maximum atomic E-state index is 14.2. The van der Waals surface area contributed by atoms with Gasteiger partial charge in [-0.05, 0) is 35.8 Å². The average Bonchev–Trinajstić information content (AvgIpc) is 2.58. The summed E-state index contributed by atoms with van der Waals surface area (Å²) < 4.78 is 20.0. The summed E-state index contributed by atoms with van der Waals surface area (Å²) in [5.41, 5.74) is 2.96. The van der Waals surface area contributed by atoms with Gasteiger partial charge in [0.25, 0.3) is 0 Å². The van der Waals surface area contributed by atoms with E-state index in [1.807, 2.05) is 6.07 Å². The summed E-state index contributed by atoms with van der Waals surface area (Å²) in [6.07, 6.45) is 2.92. The lowest BCUT2D eigenvalue weighted by Gasteiger charge is -2.44. The van der Waals surface area contributed by atoms with Gasteiger partial charge in [0.15, 0.2) is 0 Å². The smallest absolute Gasteiger partial charge is 0.130 e. The molecule has 0 saturated carbocycles. The molecule has 2 aliphatic heterocycles. The van der Waals surface area contributed by atoms with E-state index in [0.717, 1.165) is 18.5 Å². The first-order valence-electron chi connectivity index (χ1n) is 8.24. The molecule has 2 unspecified atom stereocenters. The summed E-state index contributed by atoms with van der Waals surface area (Å²) in [7, 11) is 0. The van der Waals surface area contributed by atoms with Crippen LogP contribution in [0.4, 0.5) is 4.39 Å². The van der Waals surface area contributed by atoms with Crippen molar-refractivity contribution in [1.82, 2.24) is 4.90 Å². The second-order valence-corrected chi connectivity index (χ2v) is 6.87. The van der Waals surface area contributed by atoms with Gasteiger partial charge >= 0.3 is 0 Å². The van der Waals surface area contributed by atoms with E-state index in [-0.39, 0.29) is 17.9 Å². The zero-order valence-corrected chi connectivity index (χ0v) is 14.0. The molecule has 2 aromatic rings. The van der Waals surface area contributed by atoms with Crippen molar-refractivity contribution < 1.29 is 9.13 Å². The summed E-state index contributed by atoms with van der Waals surface area (Å²) in [4.78, 5) is 2.46. The Labute approximate surface area is 146 Å². The monoisotopic (exact) mass is 343 g/mol. The Morgan fingerprint density at radius 2 is 1.96 bits per heavy atom. The van der Waals surface area contributed by atoms with Crippen LogP contribution in [0.15, 0.2) is 54.6 Å². The second-order valence-electron chi connectivity index (χ2n) is 6.44. The van der Waals surface area contributed by atoms with E-state index < -0.39 is 0 Å². The molecule has 4 heteroatoms. The third-order valence-electron chi connectivity index (χ3n) is 4.83. The molecule has 2 bridgehead atoms. The minimum absolute atomic E-state index is 0.172. The van der Waals surface area contributed by atoms with Gasteiger partial charge in [-0.1, -0.05) is 48.0 Å². The minimum atomic E-state index is -0.207. The van der Waals surface area contributed by atoms with Crippen LogP contribution >= 0.6 is 11.6 Å². The van der Waals surface area contributed by atoms with Crippen molar-refractivity contribution in [1.29, 1.82) is 0 Å². The Bertz CT molecular complexity index is 761. The van der Waals surface area contributed by atoms with Gasteiger partial charge in [-0.25, -0.2) is 4.39 Å². The predicted octanol–water partition coefficient (Wildman–Crippen LogP) is 4.54. The summed E-state index contributed by atoms with van der Waals surface area (Å²) >= 11 is 6.06. The largest absolute Gasteiger partial charge is 0.378 e. The normalized spacial score (nSPS) is 23.8. The molecule has 2 nitrogen and oxygen atoms in total. The summed E-state index contributed by atoms with van der Waals surface area (Å²) in [5.74, 6) is -0.207. The number of hydrogen-bond donors (Lipinski definition) is 0. The predicted molar refractivity (Wildman–Crippen MR) is 94.4 cm³/mol. The van der Waals surface area contributed by atoms with Gasteiger partial charge in [0.1, 0.15) is 5.82 Å². The maximum Gasteiger partial charge on any atom is 0.130 e. The first kappa shape index (κ1) is 15.8. The third-order valence-corrected chi connectivity index (χ3v) is 5.06. The van der Waals surface area contributed by atoms with Gasteiger partial charge in [-0.15, -0.1) is 0 Å². The van der Waals surface area contributed by atoms with Crippen LogP contribution in [0.1, 0.15) is 17.5 Å². The first-order valence-corrected chi connectivity index (χ1v) is 8.62. The van der Waals surface area contributed by atoms with E-state index in [1.54, 1.807) is 12.1 Å². The summed E-state index contributed by atoms with van der Waals surface area (Å²) in [5, 5.41) is 0.570. The van der Waals surface area contributed by atoms with Crippen molar-refractivity contribution in [3.8, 4) is 0 Å². The molecule has 1 fully saturated rings. The molecule has 0 N–H and O–H groups in total. The molecule has 2 heterocycles. The lowest BCUT2D eigenvalue weighted by Crippen LogP contribution is -2.53. The van der Waals surface area contributed by atoms with Crippen molar-refractivity contribution in [3.63, 3.8) is 0 Å². The quantitative estimate of drug-likeness (QED) is 0.811. The average molecular weight is 344 g/mol. The molecule has 0 amide bonds. The SMILES string of the molecule is Fc1ccc(Cl)cc1C1=CC2COCC(C1)N2Cc1ccccc1. The molecule has 0 aromatic heterocycles. The number of nitrogens with zero attached hydrogens (tertiary/aromatic N) is 1. The Balaban J connectivity index is 1.63. The van der Waals surface area contributed by atoms with Crippen LogP contribution in [0.2, 0.25) is 5.02 Å². The van der Waals surface area contributed by atoms with Crippen molar-refractivity contribution in [2.45, 2.75) is 25.0 Å². The molecule has 124 valence electrons. The number of benzene rings is 2. The lowest BCUT2D eigenvalue weighted by molar-refractivity contribution is -0.0403. The second kappa shape index (κ2) is 6.67. The molecular formula is C20H19ClFNO. The van der Waals surface area contributed by atoms with E-state index in [2.05, 4.69) is 35.2 Å². The van der Waals surface area contributed by atoms with Gasteiger partial charge in [0, 0.05) is 23.2 Å². The Kier molecular flexibility index (Phi) is 4.40. The highest BCUT2D eigenvalue weighted by atomic mass is 35.5. The number of morpholine rings is 1. The first-order chi connectivity index (χ1) is 11.7. The van der Waals surface area contributed by atoms with E-state index in [1.165, 1.54) is 11.6 Å². The number of halogens is 2. The molecule has 2 aliphatic rings. The summed E-state index contributed by atoms with van der Waals surface area (Å²) in [6.45, 7) is 2.22. The highest BCUT2D eigenvalue weighted by Crippen LogP contribution is 2.35. The highest BCUT2D eigenvalue weighted by molar-refractivity contribution is 6.30. The molecule has 0 spiro atoms.